The summed E-state index contributed by atoms with van der Waals surface area (Å²) in [5.41, 5.74) is 3.09. The number of allylic oxidation sites excluding steroid dienone is 1. The van der Waals surface area contributed by atoms with E-state index in [1.54, 1.807) is 14.2 Å². The fourth-order valence-corrected chi connectivity index (χ4v) is 4.32. The Kier molecular flexibility index (Phi) is 7.87. The lowest BCUT2D eigenvalue weighted by Gasteiger charge is -2.31. The molecule has 1 aromatic heterocycles. The van der Waals surface area contributed by atoms with Crippen LogP contribution in [0.5, 0.6) is 11.5 Å². The van der Waals surface area contributed by atoms with E-state index in [-0.39, 0.29) is 11.9 Å². The lowest BCUT2D eigenvalue weighted by Crippen LogP contribution is -2.45. The number of piperidine rings is 1. The van der Waals surface area contributed by atoms with E-state index in [4.69, 9.17) is 9.47 Å². The Bertz CT molecular complexity index is 882. The Morgan fingerprint density at radius 2 is 1.97 bits per heavy atom. The van der Waals surface area contributed by atoms with E-state index in [1.165, 1.54) is 16.9 Å². The molecular weight excluding hydrogens is 398 g/mol. The Hall–Kier alpha value is -2.38. The predicted octanol–water partition coefficient (Wildman–Crippen LogP) is 3.92. The van der Waals surface area contributed by atoms with E-state index in [0.717, 1.165) is 48.7 Å². The number of nitrogens with one attached hydrogen (secondary N) is 1. The van der Waals surface area contributed by atoms with Crippen molar-refractivity contribution >= 4 is 17.2 Å². The topological polar surface area (TPSA) is 63.7 Å². The van der Waals surface area contributed by atoms with E-state index in [2.05, 4.69) is 35.1 Å². The highest BCUT2D eigenvalue weighted by Gasteiger charge is 2.20. The molecule has 1 saturated heterocycles. The van der Waals surface area contributed by atoms with Gasteiger partial charge < -0.3 is 14.8 Å². The molecule has 0 bridgehead atoms. The number of aromatic nitrogens is 1. The number of methoxy groups -OCH3 is 2. The number of amides is 1. The zero-order valence-corrected chi connectivity index (χ0v) is 19.1. The van der Waals surface area contributed by atoms with Gasteiger partial charge in [-0.3, -0.25) is 9.69 Å². The number of hydrogen-bond donors (Lipinski definition) is 1. The third-order valence-electron chi connectivity index (χ3n) is 5.23. The molecule has 1 fully saturated rings. The Balaban J connectivity index is 1.51. The molecule has 0 saturated carbocycles. The summed E-state index contributed by atoms with van der Waals surface area (Å²) in [7, 11) is 3.23. The quantitative estimate of drug-likeness (QED) is 0.645. The maximum atomic E-state index is 12.5. The van der Waals surface area contributed by atoms with Gasteiger partial charge in [0.1, 0.15) is 5.01 Å². The highest BCUT2D eigenvalue weighted by Crippen LogP contribution is 2.33. The number of ether oxygens (including phenoxy) is 2. The summed E-state index contributed by atoms with van der Waals surface area (Å²) in [6, 6.07) is 5.98. The largest absolute Gasteiger partial charge is 0.493 e. The minimum atomic E-state index is 0.0434. The van der Waals surface area contributed by atoms with Crippen molar-refractivity contribution in [3.05, 3.63) is 40.9 Å². The van der Waals surface area contributed by atoms with E-state index >= 15 is 0 Å². The molecule has 1 N–H and O–H groups in total. The number of hydrogen-bond acceptors (Lipinski definition) is 6. The molecule has 162 valence electrons. The van der Waals surface area contributed by atoms with Crippen LogP contribution in [0.25, 0.3) is 10.6 Å². The average molecular weight is 430 g/mol. The van der Waals surface area contributed by atoms with Gasteiger partial charge in [-0.1, -0.05) is 11.6 Å². The minimum absolute atomic E-state index is 0.0434. The van der Waals surface area contributed by atoms with Crippen molar-refractivity contribution in [3.63, 3.8) is 0 Å². The number of rotatable bonds is 8. The second-order valence-corrected chi connectivity index (χ2v) is 8.67. The van der Waals surface area contributed by atoms with Crippen molar-refractivity contribution in [1.82, 2.24) is 15.2 Å². The van der Waals surface area contributed by atoms with Crippen LogP contribution in [-0.2, 0) is 11.2 Å². The van der Waals surface area contributed by atoms with Gasteiger partial charge in [-0.15, -0.1) is 11.3 Å². The van der Waals surface area contributed by atoms with Gasteiger partial charge in [0.25, 0.3) is 0 Å². The maximum absolute atomic E-state index is 12.5. The summed E-state index contributed by atoms with van der Waals surface area (Å²) in [5, 5.41) is 6.00. The molecule has 0 aliphatic carbocycles. The van der Waals surface area contributed by atoms with Crippen molar-refractivity contribution in [1.29, 1.82) is 0 Å². The lowest BCUT2D eigenvalue weighted by atomic mass is 10.0. The number of likely N-dealkylation sites (tertiary alicyclic amines) is 1. The molecule has 1 aliphatic heterocycles. The van der Waals surface area contributed by atoms with Gasteiger partial charge in [0.05, 0.1) is 26.3 Å². The van der Waals surface area contributed by atoms with E-state index in [9.17, 15) is 4.79 Å². The molecule has 7 heteroatoms. The first-order chi connectivity index (χ1) is 14.5. The third kappa shape index (κ3) is 6.06. The molecule has 1 aliphatic rings. The zero-order chi connectivity index (χ0) is 21.5. The predicted molar refractivity (Wildman–Crippen MR) is 121 cm³/mol. The highest BCUT2D eigenvalue weighted by atomic mass is 32.1. The number of carbonyl (C=O) groups is 1. The molecule has 30 heavy (non-hydrogen) atoms. The number of carbonyl (C=O) groups excluding carboxylic acids is 1. The second-order valence-electron chi connectivity index (χ2n) is 7.81. The Morgan fingerprint density at radius 3 is 2.63 bits per heavy atom. The molecular formula is C23H31N3O3S. The van der Waals surface area contributed by atoms with Crippen LogP contribution in [0.1, 0.15) is 32.4 Å². The monoisotopic (exact) mass is 429 g/mol. The van der Waals surface area contributed by atoms with Crippen molar-refractivity contribution < 1.29 is 14.3 Å². The molecule has 1 aromatic carbocycles. The molecule has 0 spiro atoms. The van der Waals surface area contributed by atoms with Crippen molar-refractivity contribution in [2.24, 2.45) is 0 Å². The van der Waals surface area contributed by atoms with Crippen LogP contribution in [0, 0.1) is 0 Å². The molecule has 3 rings (SSSR count). The molecule has 2 aromatic rings. The average Bonchev–Trinajstić information content (AvgIpc) is 3.20. The maximum Gasteiger partial charge on any atom is 0.226 e. The summed E-state index contributed by atoms with van der Waals surface area (Å²) in [4.78, 5) is 19.6. The van der Waals surface area contributed by atoms with E-state index in [1.807, 2.05) is 23.6 Å². The number of benzene rings is 1. The summed E-state index contributed by atoms with van der Waals surface area (Å²) >= 11 is 1.53. The molecule has 2 heterocycles. The molecule has 6 nitrogen and oxygen atoms in total. The van der Waals surface area contributed by atoms with Gasteiger partial charge in [-0.2, -0.15) is 0 Å². The van der Waals surface area contributed by atoms with Crippen molar-refractivity contribution in [2.75, 3.05) is 33.9 Å². The van der Waals surface area contributed by atoms with Crippen LogP contribution in [-0.4, -0.2) is 55.7 Å². The first-order valence-corrected chi connectivity index (χ1v) is 11.2. The van der Waals surface area contributed by atoms with Crippen molar-refractivity contribution in [2.45, 2.75) is 39.2 Å². The van der Waals surface area contributed by atoms with Gasteiger partial charge in [-0.25, -0.2) is 4.98 Å². The standard InChI is InChI=1S/C23H31N3O3S/c1-16(2)7-10-26-11-8-18(9-12-26)24-22(27)14-19-15-30-23(25-19)17-5-6-20(28-3)21(13-17)29-4/h5-7,13,15,18H,8-12,14H2,1-4H3,(H,24,27). The summed E-state index contributed by atoms with van der Waals surface area (Å²) in [5.74, 6) is 1.40. The van der Waals surface area contributed by atoms with Gasteiger partial charge in [0, 0.05) is 36.6 Å². The van der Waals surface area contributed by atoms with E-state index in [0.29, 0.717) is 17.9 Å². The Morgan fingerprint density at radius 1 is 1.23 bits per heavy atom. The van der Waals surface area contributed by atoms with Crippen LogP contribution in [0.2, 0.25) is 0 Å². The van der Waals surface area contributed by atoms with Crippen LogP contribution in [0.4, 0.5) is 0 Å². The highest BCUT2D eigenvalue weighted by molar-refractivity contribution is 7.13. The first kappa shape index (κ1) is 22.3. The van der Waals surface area contributed by atoms with E-state index < -0.39 is 0 Å². The van der Waals surface area contributed by atoms with Crippen molar-refractivity contribution in [3.8, 4) is 22.1 Å². The SMILES string of the molecule is COc1ccc(-c2nc(CC(=O)NC3CCN(CC=C(C)C)CC3)cs2)cc1OC. The molecule has 0 radical (unpaired) electrons. The number of thiazole rings is 1. The van der Waals surface area contributed by atoms with Crippen LogP contribution >= 0.6 is 11.3 Å². The lowest BCUT2D eigenvalue weighted by molar-refractivity contribution is -0.121. The minimum Gasteiger partial charge on any atom is -0.493 e. The fraction of sp³-hybridized carbons (Fsp3) is 0.478. The van der Waals surface area contributed by atoms with Crippen LogP contribution in [0.15, 0.2) is 35.2 Å². The third-order valence-corrected chi connectivity index (χ3v) is 6.17. The fourth-order valence-electron chi connectivity index (χ4n) is 3.50. The van der Waals surface area contributed by atoms with Crippen LogP contribution in [0.3, 0.4) is 0 Å². The molecule has 0 atom stereocenters. The normalized spacial score (nSPS) is 14.9. The first-order valence-electron chi connectivity index (χ1n) is 10.3. The van der Waals surface area contributed by atoms with Gasteiger partial charge >= 0.3 is 0 Å². The Labute approximate surface area is 182 Å². The van der Waals surface area contributed by atoms with Gasteiger partial charge in [-0.05, 0) is 44.9 Å². The second kappa shape index (κ2) is 10.6. The summed E-state index contributed by atoms with van der Waals surface area (Å²) in [6.45, 7) is 7.30. The smallest absolute Gasteiger partial charge is 0.226 e. The number of nitrogens with zero attached hydrogens (tertiary/aromatic N) is 2. The van der Waals surface area contributed by atoms with Gasteiger partial charge in [0.15, 0.2) is 11.5 Å². The zero-order valence-electron chi connectivity index (χ0n) is 18.2. The summed E-state index contributed by atoms with van der Waals surface area (Å²) < 4.78 is 10.7. The summed E-state index contributed by atoms with van der Waals surface area (Å²) in [6.07, 6.45) is 4.56. The van der Waals surface area contributed by atoms with Crippen LogP contribution < -0.4 is 14.8 Å². The molecule has 0 unspecified atom stereocenters. The van der Waals surface area contributed by atoms with Gasteiger partial charge in [0.2, 0.25) is 5.91 Å². The molecule has 1 amide bonds.